The predicted molar refractivity (Wildman–Crippen MR) is 72.5 cm³/mol. The average Bonchev–Trinajstić information content (AvgIpc) is 2.37. The van der Waals surface area contributed by atoms with Gasteiger partial charge >= 0.3 is 5.97 Å². The summed E-state index contributed by atoms with van der Waals surface area (Å²) in [5, 5.41) is 11.7. The number of nitrogens with one attached hydrogen (secondary N) is 1. The second kappa shape index (κ2) is 6.72. The lowest BCUT2D eigenvalue weighted by atomic mass is 10.1. The van der Waals surface area contributed by atoms with Gasteiger partial charge in [0.25, 0.3) is 0 Å². The van der Waals surface area contributed by atoms with Gasteiger partial charge in [-0.2, -0.15) is 0 Å². The van der Waals surface area contributed by atoms with Crippen LogP contribution in [-0.4, -0.2) is 42.1 Å². The Morgan fingerprint density at radius 1 is 1.47 bits per heavy atom. The number of aryl methyl sites for hydroxylation is 1. The third-order valence-electron chi connectivity index (χ3n) is 2.70. The van der Waals surface area contributed by atoms with Crippen molar-refractivity contribution in [3.63, 3.8) is 0 Å². The molecule has 0 saturated carbocycles. The first-order chi connectivity index (χ1) is 8.99. The van der Waals surface area contributed by atoms with Crippen LogP contribution < -0.4 is 10.2 Å². The topological polar surface area (TPSA) is 82.5 Å². The quantitative estimate of drug-likeness (QED) is 0.803. The Morgan fingerprint density at radius 2 is 2.16 bits per heavy atom. The molecule has 6 heteroatoms. The van der Waals surface area contributed by atoms with E-state index in [0.717, 1.165) is 12.1 Å². The number of pyridine rings is 1. The number of rotatable bonds is 6. The number of aromatic carboxylic acids is 1. The zero-order valence-electron chi connectivity index (χ0n) is 11.4. The van der Waals surface area contributed by atoms with E-state index >= 15 is 0 Å². The third kappa shape index (κ3) is 3.94. The number of carboxylic acids is 1. The Hall–Kier alpha value is -2.11. The summed E-state index contributed by atoms with van der Waals surface area (Å²) in [5.74, 6) is -1.19. The highest BCUT2D eigenvalue weighted by Gasteiger charge is 2.18. The van der Waals surface area contributed by atoms with Crippen LogP contribution in [0.2, 0.25) is 0 Å². The molecule has 0 atom stereocenters. The van der Waals surface area contributed by atoms with E-state index < -0.39 is 5.97 Å². The van der Waals surface area contributed by atoms with Crippen LogP contribution in [-0.2, 0) is 4.79 Å². The molecule has 0 fully saturated rings. The first-order valence-corrected chi connectivity index (χ1v) is 6.15. The van der Waals surface area contributed by atoms with E-state index in [4.69, 9.17) is 0 Å². The molecule has 0 aliphatic carbocycles. The fourth-order valence-electron chi connectivity index (χ4n) is 1.78. The Kier molecular flexibility index (Phi) is 5.29. The van der Waals surface area contributed by atoms with Crippen molar-refractivity contribution in [2.75, 3.05) is 25.0 Å². The lowest BCUT2D eigenvalue weighted by Crippen LogP contribution is -2.37. The van der Waals surface area contributed by atoms with E-state index in [-0.39, 0.29) is 18.0 Å². The minimum Gasteiger partial charge on any atom is -0.478 e. The molecule has 0 unspecified atom stereocenters. The molecule has 19 heavy (non-hydrogen) atoms. The Labute approximate surface area is 112 Å². The molecule has 0 bridgehead atoms. The Balaban J connectivity index is 3.16. The van der Waals surface area contributed by atoms with Gasteiger partial charge < -0.3 is 15.3 Å². The van der Waals surface area contributed by atoms with Crippen molar-refractivity contribution >= 4 is 17.6 Å². The molecule has 0 saturated heterocycles. The summed E-state index contributed by atoms with van der Waals surface area (Å²) in [6.07, 6.45) is 2.15. The summed E-state index contributed by atoms with van der Waals surface area (Å²) in [6.45, 7) is 4.51. The molecule has 1 rings (SSSR count). The SMILES string of the molecule is CCCN(CC(=O)NC)c1cc(C)ncc1C(=O)O. The minimum atomic E-state index is -1.04. The molecule has 104 valence electrons. The van der Waals surface area contributed by atoms with Crippen LogP contribution in [0.4, 0.5) is 5.69 Å². The van der Waals surface area contributed by atoms with Crippen LogP contribution in [0, 0.1) is 6.92 Å². The van der Waals surface area contributed by atoms with Crippen molar-refractivity contribution in [1.82, 2.24) is 10.3 Å². The number of likely N-dealkylation sites (N-methyl/N-ethyl adjacent to an activating group) is 1. The molecular formula is C13H19N3O3. The fraction of sp³-hybridized carbons (Fsp3) is 0.462. The normalized spacial score (nSPS) is 10.1. The molecule has 1 aromatic heterocycles. The van der Waals surface area contributed by atoms with Crippen LogP contribution >= 0.6 is 0 Å². The zero-order chi connectivity index (χ0) is 14.4. The number of hydrogen-bond acceptors (Lipinski definition) is 4. The lowest BCUT2D eigenvalue weighted by Gasteiger charge is -2.25. The van der Waals surface area contributed by atoms with Crippen molar-refractivity contribution < 1.29 is 14.7 Å². The molecule has 6 nitrogen and oxygen atoms in total. The summed E-state index contributed by atoms with van der Waals surface area (Å²) in [7, 11) is 1.56. The lowest BCUT2D eigenvalue weighted by molar-refractivity contribution is -0.119. The molecule has 2 N–H and O–H groups in total. The maximum Gasteiger partial charge on any atom is 0.339 e. The van der Waals surface area contributed by atoms with Crippen LogP contribution in [0.15, 0.2) is 12.3 Å². The molecule has 0 radical (unpaired) electrons. The predicted octanol–water partition coefficient (Wildman–Crippen LogP) is 1.05. The minimum absolute atomic E-state index is 0.114. The van der Waals surface area contributed by atoms with Crippen LogP contribution in [0.3, 0.4) is 0 Å². The van der Waals surface area contributed by atoms with E-state index in [1.54, 1.807) is 24.9 Å². The molecule has 1 amide bonds. The van der Waals surface area contributed by atoms with E-state index in [0.29, 0.717) is 12.2 Å². The molecule has 0 spiro atoms. The van der Waals surface area contributed by atoms with Gasteiger partial charge in [0.15, 0.2) is 0 Å². The van der Waals surface area contributed by atoms with Gasteiger partial charge in [0.05, 0.1) is 12.2 Å². The van der Waals surface area contributed by atoms with Crippen molar-refractivity contribution in [1.29, 1.82) is 0 Å². The van der Waals surface area contributed by atoms with Crippen molar-refractivity contribution in [2.24, 2.45) is 0 Å². The highest BCUT2D eigenvalue weighted by molar-refractivity contribution is 5.95. The molecular weight excluding hydrogens is 246 g/mol. The molecule has 0 aliphatic heterocycles. The van der Waals surface area contributed by atoms with Gasteiger partial charge in [-0.1, -0.05) is 6.92 Å². The number of carboxylic acid groups (broad SMARTS) is 1. The number of anilines is 1. The summed E-state index contributed by atoms with van der Waals surface area (Å²) >= 11 is 0. The smallest absolute Gasteiger partial charge is 0.339 e. The first-order valence-electron chi connectivity index (χ1n) is 6.15. The summed E-state index contributed by atoms with van der Waals surface area (Å²) in [4.78, 5) is 28.5. The largest absolute Gasteiger partial charge is 0.478 e. The van der Waals surface area contributed by atoms with E-state index in [2.05, 4.69) is 10.3 Å². The second-order valence-electron chi connectivity index (χ2n) is 4.24. The summed E-state index contributed by atoms with van der Waals surface area (Å²) < 4.78 is 0. The van der Waals surface area contributed by atoms with Crippen molar-refractivity contribution in [3.05, 3.63) is 23.5 Å². The average molecular weight is 265 g/mol. The van der Waals surface area contributed by atoms with Gasteiger partial charge in [0.1, 0.15) is 5.56 Å². The Morgan fingerprint density at radius 3 is 2.68 bits per heavy atom. The molecule has 1 heterocycles. The van der Waals surface area contributed by atoms with E-state index in [1.807, 2.05) is 6.92 Å². The number of hydrogen-bond donors (Lipinski definition) is 2. The van der Waals surface area contributed by atoms with Gasteiger partial charge in [-0.25, -0.2) is 4.79 Å². The zero-order valence-corrected chi connectivity index (χ0v) is 11.4. The number of amides is 1. The Bertz CT molecular complexity index is 474. The third-order valence-corrected chi connectivity index (χ3v) is 2.70. The van der Waals surface area contributed by atoms with Crippen LogP contribution in [0.25, 0.3) is 0 Å². The monoisotopic (exact) mass is 265 g/mol. The van der Waals surface area contributed by atoms with Gasteiger partial charge in [0, 0.05) is 25.5 Å². The summed E-state index contributed by atoms with van der Waals surface area (Å²) in [5.41, 5.74) is 1.37. The number of carbonyl (C=O) groups excluding carboxylic acids is 1. The molecule has 1 aromatic rings. The van der Waals surface area contributed by atoms with Crippen LogP contribution in [0.1, 0.15) is 29.4 Å². The standard InChI is InChI=1S/C13H19N3O3/c1-4-5-16(8-12(17)14-3)11-6-9(2)15-7-10(11)13(18)19/h6-7H,4-5,8H2,1-3H3,(H,14,17)(H,18,19). The number of nitrogens with zero attached hydrogens (tertiary/aromatic N) is 2. The van der Waals surface area contributed by atoms with Crippen molar-refractivity contribution in [3.8, 4) is 0 Å². The van der Waals surface area contributed by atoms with Gasteiger partial charge in [0.2, 0.25) is 5.91 Å². The molecule has 0 aromatic carbocycles. The van der Waals surface area contributed by atoms with Crippen molar-refractivity contribution in [2.45, 2.75) is 20.3 Å². The maximum atomic E-state index is 11.5. The fourth-order valence-corrected chi connectivity index (χ4v) is 1.78. The van der Waals surface area contributed by atoms with Gasteiger partial charge in [-0.05, 0) is 19.4 Å². The second-order valence-corrected chi connectivity index (χ2v) is 4.24. The van der Waals surface area contributed by atoms with Gasteiger partial charge in [-0.3, -0.25) is 9.78 Å². The number of carbonyl (C=O) groups is 2. The first kappa shape index (κ1) is 14.9. The highest BCUT2D eigenvalue weighted by atomic mass is 16.4. The van der Waals surface area contributed by atoms with E-state index in [1.165, 1.54) is 6.20 Å². The van der Waals surface area contributed by atoms with Gasteiger partial charge in [-0.15, -0.1) is 0 Å². The maximum absolute atomic E-state index is 11.5. The molecule has 0 aliphatic rings. The van der Waals surface area contributed by atoms with E-state index in [9.17, 15) is 14.7 Å². The highest BCUT2D eigenvalue weighted by Crippen LogP contribution is 2.21. The summed E-state index contributed by atoms with van der Waals surface area (Å²) in [6, 6.07) is 1.70. The van der Waals surface area contributed by atoms with Crippen LogP contribution in [0.5, 0.6) is 0 Å². The number of aromatic nitrogens is 1.